The first-order chi connectivity index (χ1) is 16.0. The summed E-state index contributed by atoms with van der Waals surface area (Å²) in [7, 11) is 0. The molecule has 0 amide bonds. The highest BCUT2D eigenvalue weighted by Gasteiger charge is 2.18. The molecule has 0 aliphatic heterocycles. The summed E-state index contributed by atoms with van der Waals surface area (Å²) in [6.07, 6.45) is 0. The van der Waals surface area contributed by atoms with E-state index in [4.69, 9.17) is 4.74 Å². The summed E-state index contributed by atoms with van der Waals surface area (Å²) in [6.45, 7) is 9.22. The SMILES string of the molecule is Cc1[nH]c2ccc(OCC(C)C)cc2c(=O)c1C[NH+](Cc1ccccc1)Cc1ccccc1. The Morgan fingerprint density at radius 3 is 2.03 bits per heavy atom. The zero-order chi connectivity index (χ0) is 23.2. The summed E-state index contributed by atoms with van der Waals surface area (Å²) in [5.74, 6) is 1.18. The minimum absolute atomic E-state index is 0.0925. The molecule has 0 aliphatic carbocycles. The number of hydrogen-bond donors (Lipinski definition) is 2. The topological polar surface area (TPSA) is 46.5 Å². The zero-order valence-corrected chi connectivity index (χ0v) is 19.7. The number of rotatable bonds is 9. The molecule has 170 valence electrons. The summed E-state index contributed by atoms with van der Waals surface area (Å²) in [6, 6.07) is 26.7. The largest absolute Gasteiger partial charge is 0.493 e. The molecular formula is C29H33N2O2+. The lowest BCUT2D eigenvalue weighted by Crippen LogP contribution is -3.08. The van der Waals surface area contributed by atoms with E-state index >= 15 is 0 Å². The van der Waals surface area contributed by atoms with E-state index in [1.807, 2.05) is 37.3 Å². The Morgan fingerprint density at radius 2 is 1.45 bits per heavy atom. The average Bonchev–Trinajstić information content (AvgIpc) is 2.82. The number of aromatic nitrogens is 1. The van der Waals surface area contributed by atoms with Gasteiger partial charge in [-0.05, 0) is 31.0 Å². The summed E-state index contributed by atoms with van der Waals surface area (Å²) in [5, 5.41) is 0.690. The molecular weight excluding hydrogens is 408 g/mol. The minimum Gasteiger partial charge on any atom is -0.493 e. The second kappa shape index (κ2) is 10.5. The molecule has 4 heteroatoms. The lowest BCUT2D eigenvalue weighted by Gasteiger charge is -2.21. The number of aromatic amines is 1. The quantitative estimate of drug-likeness (QED) is 0.397. The molecule has 1 heterocycles. The summed E-state index contributed by atoms with van der Waals surface area (Å²) < 4.78 is 5.88. The highest BCUT2D eigenvalue weighted by atomic mass is 16.5. The number of ether oxygens (including phenoxy) is 1. The zero-order valence-electron chi connectivity index (χ0n) is 19.7. The molecule has 0 bridgehead atoms. The van der Waals surface area contributed by atoms with Crippen LogP contribution in [-0.2, 0) is 19.6 Å². The Hall–Kier alpha value is -3.37. The van der Waals surface area contributed by atoms with Crippen molar-refractivity contribution in [2.75, 3.05) is 6.61 Å². The number of benzene rings is 3. The molecule has 4 aromatic rings. The van der Waals surface area contributed by atoms with Crippen LogP contribution in [0.5, 0.6) is 5.75 Å². The number of pyridine rings is 1. The van der Waals surface area contributed by atoms with E-state index in [-0.39, 0.29) is 5.43 Å². The number of aryl methyl sites for hydroxylation is 1. The van der Waals surface area contributed by atoms with Gasteiger partial charge in [0.15, 0.2) is 5.43 Å². The van der Waals surface area contributed by atoms with Crippen LogP contribution in [0.1, 0.15) is 36.2 Å². The second-order valence-electron chi connectivity index (χ2n) is 9.22. The maximum Gasteiger partial charge on any atom is 0.198 e. The van der Waals surface area contributed by atoms with Gasteiger partial charge in [0.2, 0.25) is 0 Å². The third-order valence-electron chi connectivity index (χ3n) is 5.89. The van der Waals surface area contributed by atoms with E-state index in [2.05, 4.69) is 67.4 Å². The van der Waals surface area contributed by atoms with Crippen molar-refractivity contribution in [3.05, 3.63) is 111 Å². The van der Waals surface area contributed by atoms with Crippen LogP contribution >= 0.6 is 0 Å². The second-order valence-corrected chi connectivity index (χ2v) is 9.22. The first-order valence-electron chi connectivity index (χ1n) is 11.7. The Bertz CT molecular complexity index is 1210. The first-order valence-corrected chi connectivity index (χ1v) is 11.7. The lowest BCUT2D eigenvalue weighted by molar-refractivity contribution is -0.941. The van der Waals surface area contributed by atoms with Gasteiger partial charge in [-0.1, -0.05) is 74.5 Å². The standard InChI is InChI=1S/C29H32N2O2/c1-21(2)20-33-25-14-15-28-26(16-25)29(32)27(22(3)30-28)19-31(17-23-10-6-4-7-11-23)18-24-12-8-5-9-13-24/h4-16,21H,17-20H2,1-3H3,(H,30,32)/p+1. The van der Waals surface area contributed by atoms with Crippen molar-refractivity contribution < 1.29 is 9.64 Å². The van der Waals surface area contributed by atoms with Gasteiger partial charge in [-0.15, -0.1) is 0 Å². The summed E-state index contributed by atoms with van der Waals surface area (Å²) in [5.41, 5.74) is 5.25. The van der Waals surface area contributed by atoms with E-state index in [9.17, 15) is 4.79 Å². The number of fused-ring (bicyclic) bond motifs is 1. The molecule has 0 fully saturated rings. The monoisotopic (exact) mass is 441 g/mol. The fraction of sp³-hybridized carbons (Fsp3) is 0.276. The van der Waals surface area contributed by atoms with Crippen molar-refractivity contribution in [3.63, 3.8) is 0 Å². The minimum atomic E-state index is 0.0925. The van der Waals surface area contributed by atoms with Gasteiger partial charge in [0.25, 0.3) is 0 Å². The van der Waals surface area contributed by atoms with Gasteiger partial charge in [-0.25, -0.2) is 0 Å². The van der Waals surface area contributed by atoms with Gasteiger partial charge >= 0.3 is 0 Å². The number of hydrogen-bond acceptors (Lipinski definition) is 2. The van der Waals surface area contributed by atoms with Crippen LogP contribution in [-0.4, -0.2) is 11.6 Å². The molecule has 0 saturated carbocycles. The van der Waals surface area contributed by atoms with Crippen LogP contribution in [0.2, 0.25) is 0 Å². The first kappa shape index (κ1) is 22.8. The Labute approximate surface area is 195 Å². The van der Waals surface area contributed by atoms with E-state index in [0.717, 1.165) is 35.6 Å². The Morgan fingerprint density at radius 1 is 0.848 bits per heavy atom. The molecule has 0 atom stereocenters. The van der Waals surface area contributed by atoms with E-state index < -0.39 is 0 Å². The van der Waals surface area contributed by atoms with Crippen molar-refractivity contribution in [1.29, 1.82) is 0 Å². The highest BCUT2D eigenvalue weighted by molar-refractivity contribution is 5.81. The molecule has 0 saturated heterocycles. The predicted molar refractivity (Wildman–Crippen MR) is 135 cm³/mol. The predicted octanol–water partition coefficient (Wildman–Crippen LogP) is 4.66. The fourth-order valence-corrected chi connectivity index (χ4v) is 4.20. The number of nitrogens with one attached hydrogen (secondary N) is 2. The maximum atomic E-state index is 13.6. The van der Waals surface area contributed by atoms with Gasteiger partial charge in [-0.2, -0.15) is 0 Å². The van der Waals surface area contributed by atoms with Crippen LogP contribution in [0.3, 0.4) is 0 Å². The van der Waals surface area contributed by atoms with Gasteiger partial charge < -0.3 is 14.6 Å². The third-order valence-corrected chi connectivity index (χ3v) is 5.89. The molecule has 0 aliphatic rings. The van der Waals surface area contributed by atoms with Crippen LogP contribution < -0.4 is 15.1 Å². The van der Waals surface area contributed by atoms with E-state index in [1.54, 1.807) is 0 Å². The van der Waals surface area contributed by atoms with E-state index in [1.165, 1.54) is 16.0 Å². The Kier molecular flexibility index (Phi) is 7.26. The molecule has 0 radical (unpaired) electrons. The van der Waals surface area contributed by atoms with Crippen LogP contribution in [0.4, 0.5) is 0 Å². The fourth-order valence-electron chi connectivity index (χ4n) is 4.20. The van der Waals surface area contributed by atoms with Gasteiger partial charge in [-0.3, -0.25) is 4.79 Å². The van der Waals surface area contributed by atoms with Gasteiger partial charge in [0, 0.05) is 27.7 Å². The van der Waals surface area contributed by atoms with Crippen LogP contribution in [0.25, 0.3) is 10.9 Å². The summed E-state index contributed by atoms with van der Waals surface area (Å²) >= 11 is 0. The number of quaternary nitrogens is 1. The van der Waals surface area contributed by atoms with Crippen molar-refractivity contribution in [2.24, 2.45) is 5.92 Å². The molecule has 0 spiro atoms. The highest BCUT2D eigenvalue weighted by Crippen LogP contribution is 2.19. The Balaban J connectivity index is 1.67. The number of H-pyrrole nitrogens is 1. The maximum absolute atomic E-state index is 13.6. The van der Waals surface area contributed by atoms with Crippen LogP contribution in [0, 0.1) is 12.8 Å². The van der Waals surface area contributed by atoms with E-state index in [0.29, 0.717) is 24.5 Å². The smallest absolute Gasteiger partial charge is 0.198 e. The normalized spacial score (nSPS) is 11.4. The molecule has 0 unspecified atom stereocenters. The molecule has 4 rings (SSSR count). The van der Waals surface area contributed by atoms with Gasteiger partial charge in [0.1, 0.15) is 25.4 Å². The van der Waals surface area contributed by atoms with Crippen molar-refractivity contribution >= 4 is 10.9 Å². The third kappa shape index (κ3) is 5.91. The molecule has 3 aromatic carbocycles. The average molecular weight is 442 g/mol. The van der Waals surface area contributed by atoms with Crippen molar-refractivity contribution in [2.45, 2.75) is 40.4 Å². The molecule has 1 aromatic heterocycles. The molecule has 2 N–H and O–H groups in total. The van der Waals surface area contributed by atoms with Crippen molar-refractivity contribution in [3.8, 4) is 5.75 Å². The van der Waals surface area contributed by atoms with Gasteiger partial charge in [0.05, 0.1) is 12.2 Å². The molecule has 4 nitrogen and oxygen atoms in total. The van der Waals surface area contributed by atoms with Crippen LogP contribution in [0.15, 0.2) is 83.7 Å². The lowest BCUT2D eigenvalue weighted by atomic mass is 10.1. The van der Waals surface area contributed by atoms with Crippen molar-refractivity contribution in [1.82, 2.24) is 4.98 Å². The molecule has 33 heavy (non-hydrogen) atoms. The summed E-state index contributed by atoms with van der Waals surface area (Å²) in [4.78, 5) is 18.4.